The first-order valence-electron chi connectivity index (χ1n) is 5.53. The van der Waals surface area contributed by atoms with E-state index in [1.54, 1.807) is 6.07 Å². The van der Waals surface area contributed by atoms with Crippen LogP contribution in [-0.2, 0) is 6.18 Å². The van der Waals surface area contributed by atoms with Crippen LogP contribution in [0.2, 0.25) is 15.1 Å². The molecule has 0 atom stereocenters. The summed E-state index contributed by atoms with van der Waals surface area (Å²) in [6.45, 7) is 1.39. The molecular formula is C14H8Cl3F3. The van der Waals surface area contributed by atoms with Gasteiger partial charge in [0.05, 0.1) is 15.6 Å². The van der Waals surface area contributed by atoms with Gasteiger partial charge in [-0.25, -0.2) is 0 Å². The summed E-state index contributed by atoms with van der Waals surface area (Å²) in [6, 6.07) is 6.79. The highest BCUT2D eigenvalue weighted by Gasteiger charge is 2.33. The molecule has 0 aliphatic carbocycles. The van der Waals surface area contributed by atoms with E-state index >= 15 is 0 Å². The van der Waals surface area contributed by atoms with Crippen molar-refractivity contribution >= 4 is 34.8 Å². The first kappa shape index (κ1) is 15.5. The molecule has 2 aromatic carbocycles. The number of hydrogen-bond donors (Lipinski definition) is 0. The molecule has 0 bridgehead atoms. The van der Waals surface area contributed by atoms with Gasteiger partial charge in [-0.2, -0.15) is 13.2 Å². The lowest BCUT2D eigenvalue weighted by atomic mass is 9.96. The molecule has 0 fully saturated rings. The molecule has 0 nitrogen and oxygen atoms in total. The largest absolute Gasteiger partial charge is 0.416 e. The number of halogens is 6. The van der Waals surface area contributed by atoms with Gasteiger partial charge >= 0.3 is 6.18 Å². The van der Waals surface area contributed by atoms with Gasteiger partial charge in [0.2, 0.25) is 0 Å². The minimum atomic E-state index is -4.43. The van der Waals surface area contributed by atoms with Crippen LogP contribution in [0.5, 0.6) is 0 Å². The van der Waals surface area contributed by atoms with Gasteiger partial charge in [0.15, 0.2) is 0 Å². The first-order chi connectivity index (χ1) is 9.21. The van der Waals surface area contributed by atoms with E-state index in [1.165, 1.54) is 25.1 Å². The third-order valence-corrected chi connectivity index (χ3v) is 3.73. The number of alkyl halides is 3. The van der Waals surface area contributed by atoms with Crippen LogP contribution >= 0.6 is 34.8 Å². The molecule has 0 saturated heterocycles. The minimum absolute atomic E-state index is 0.0751. The zero-order valence-corrected chi connectivity index (χ0v) is 12.4. The number of rotatable bonds is 1. The molecule has 106 valence electrons. The maximum absolute atomic E-state index is 12.9. The predicted molar refractivity (Wildman–Crippen MR) is 76.6 cm³/mol. The zero-order valence-electron chi connectivity index (χ0n) is 10.2. The molecule has 6 heteroatoms. The Labute approximate surface area is 129 Å². The molecule has 0 spiro atoms. The van der Waals surface area contributed by atoms with Crippen LogP contribution in [0.4, 0.5) is 13.2 Å². The van der Waals surface area contributed by atoms with Crippen molar-refractivity contribution in [2.45, 2.75) is 13.1 Å². The van der Waals surface area contributed by atoms with Crippen molar-refractivity contribution in [2.75, 3.05) is 0 Å². The van der Waals surface area contributed by atoms with Crippen molar-refractivity contribution in [3.63, 3.8) is 0 Å². The Kier molecular flexibility index (Phi) is 4.24. The molecule has 0 aliphatic rings. The van der Waals surface area contributed by atoms with E-state index in [0.29, 0.717) is 16.1 Å². The smallest absolute Gasteiger partial charge is 0.166 e. The monoisotopic (exact) mass is 338 g/mol. The number of benzene rings is 2. The van der Waals surface area contributed by atoms with Gasteiger partial charge in [-0.1, -0.05) is 46.9 Å². The first-order valence-corrected chi connectivity index (χ1v) is 6.67. The molecule has 0 aromatic heterocycles. The second-order valence-electron chi connectivity index (χ2n) is 4.22. The fourth-order valence-corrected chi connectivity index (χ4v) is 3.03. The lowest BCUT2D eigenvalue weighted by molar-refractivity contribution is -0.138. The van der Waals surface area contributed by atoms with E-state index in [4.69, 9.17) is 34.8 Å². The molecular weight excluding hydrogens is 332 g/mol. The Bertz CT molecular complexity index is 640. The number of hydrogen-bond acceptors (Lipinski definition) is 0. The Morgan fingerprint density at radius 3 is 2.00 bits per heavy atom. The molecule has 0 unspecified atom stereocenters. The van der Waals surface area contributed by atoms with Gasteiger partial charge in [-0.05, 0) is 36.2 Å². The van der Waals surface area contributed by atoms with Crippen molar-refractivity contribution in [1.82, 2.24) is 0 Å². The van der Waals surface area contributed by atoms with Crippen LogP contribution in [0.3, 0.4) is 0 Å². The SMILES string of the molecule is Cc1c(-c2c(Cl)cc(Cl)cc2Cl)cccc1C(F)(F)F. The zero-order chi connectivity index (χ0) is 15.1. The van der Waals surface area contributed by atoms with E-state index in [2.05, 4.69) is 0 Å². The lowest BCUT2D eigenvalue weighted by Crippen LogP contribution is -2.08. The third kappa shape index (κ3) is 2.90. The summed E-state index contributed by atoms with van der Waals surface area (Å²) in [4.78, 5) is 0. The van der Waals surface area contributed by atoms with Crippen molar-refractivity contribution < 1.29 is 13.2 Å². The highest BCUT2D eigenvalue weighted by Crippen LogP contribution is 2.42. The second kappa shape index (κ2) is 5.47. The predicted octanol–water partition coefficient (Wildman–Crippen LogP) is 6.64. The van der Waals surface area contributed by atoms with E-state index in [9.17, 15) is 13.2 Å². The van der Waals surface area contributed by atoms with Gasteiger partial charge in [0.1, 0.15) is 0 Å². The molecule has 2 aromatic rings. The maximum Gasteiger partial charge on any atom is 0.416 e. The molecule has 0 aliphatic heterocycles. The van der Waals surface area contributed by atoms with E-state index in [-0.39, 0.29) is 15.6 Å². The van der Waals surface area contributed by atoms with Gasteiger partial charge in [0.25, 0.3) is 0 Å². The Hall–Kier alpha value is -0.900. The average Bonchev–Trinajstić information content (AvgIpc) is 2.28. The molecule has 0 heterocycles. The quantitative estimate of drug-likeness (QED) is 0.546. The molecule has 0 N–H and O–H groups in total. The summed E-state index contributed by atoms with van der Waals surface area (Å²) >= 11 is 17.9. The molecule has 0 amide bonds. The van der Waals surface area contributed by atoms with Crippen molar-refractivity contribution in [1.29, 1.82) is 0 Å². The third-order valence-electron chi connectivity index (χ3n) is 2.92. The normalized spacial score (nSPS) is 11.8. The molecule has 2 rings (SSSR count). The standard InChI is InChI=1S/C14H8Cl3F3/c1-7-9(3-2-4-10(7)14(18,19)20)13-11(16)5-8(15)6-12(13)17/h2-6H,1H3. The van der Waals surface area contributed by atoms with Crippen LogP contribution in [0.15, 0.2) is 30.3 Å². The van der Waals surface area contributed by atoms with Gasteiger partial charge < -0.3 is 0 Å². The summed E-state index contributed by atoms with van der Waals surface area (Å²) in [5, 5.41) is 0.753. The van der Waals surface area contributed by atoms with Crippen LogP contribution in [0.1, 0.15) is 11.1 Å². The van der Waals surface area contributed by atoms with Crippen LogP contribution in [0, 0.1) is 6.92 Å². The summed E-state index contributed by atoms with van der Waals surface area (Å²) in [7, 11) is 0. The fraction of sp³-hybridized carbons (Fsp3) is 0.143. The topological polar surface area (TPSA) is 0 Å². The minimum Gasteiger partial charge on any atom is -0.166 e. The van der Waals surface area contributed by atoms with E-state index in [0.717, 1.165) is 6.07 Å². The van der Waals surface area contributed by atoms with Crippen LogP contribution in [0.25, 0.3) is 11.1 Å². The second-order valence-corrected chi connectivity index (χ2v) is 5.47. The molecule has 20 heavy (non-hydrogen) atoms. The Morgan fingerprint density at radius 1 is 0.950 bits per heavy atom. The van der Waals surface area contributed by atoms with E-state index in [1.807, 2.05) is 0 Å². The van der Waals surface area contributed by atoms with Gasteiger partial charge in [-0.3, -0.25) is 0 Å². The van der Waals surface area contributed by atoms with Crippen molar-refractivity contribution in [2.24, 2.45) is 0 Å². The maximum atomic E-state index is 12.9. The highest BCUT2D eigenvalue weighted by atomic mass is 35.5. The summed E-state index contributed by atoms with van der Waals surface area (Å²) in [5.74, 6) is 0. The Morgan fingerprint density at radius 2 is 1.50 bits per heavy atom. The van der Waals surface area contributed by atoms with Crippen molar-refractivity contribution in [3.05, 3.63) is 56.5 Å². The average molecular weight is 340 g/mol. The molecule has 0 saturated carbocycles. The van der Waals surface area contributed by atoms with Crippen LogP contribution in [-0.4, -0.2) is 0 Å². The van der Waals surface area contributed by atoms with E-state index < -0.39 is 11.7 Å². The van der Waals surface area contributed by atoms with Crippen LogP contribution < -0.4 is 0 Å². The highest BCUT2D eigenvalue weighted by molar-refractivity contribution is 6.41. The lowest BCUT2D eigenvalue weighted by Gasteiger charge is -2.16. The molecule has 0 radical (unpaired) electrons. The van der Waals surface area contributed by atoms with Gasteiger partial charge in [-0.15, -0.1) is 0 Å². The van der Waals surface area contributed by atoms with Crippen molar-refractivity contribution in [3.8, 4) is 11.1 Å². The Balaban J connectivity index is 2.72. The summed E-state index contributed by atoms with van der Waals surface area (Å²) in [5.41, 5.74) is 0.0519. The van der Waals surface area contributed by atoms with Gasteiger partial charge in [0, 0.05) is 10.6 Å². The summed E-state index contributed by atoms with van der Waals surface area (Å²) < 4.78 is 38.8. The fourth-order valence-electron chi connectivity index (χ4n) is 2.01. The summed E-state index contributed by atoms with van der Waals surface area (Å²) in [6.07, 6.45) is -4.43.